The van der Waals surface area contributed by atoms with Gasteiger partial charge >= 0.3 is 0 Å². The molecule has 0 unspecified atom stereocenters. The zero-order valence-electron chi connectivity index (χ0n) is 16.3. The topological polar surface area (TPSA) is 72.2 Å². The summed E-state index contributed by atoms with van der Waals surface area (Å²) in [5, 5.41) is 8.94. The highest BCUT2D eigenvalue weighted by Crippen LogP contribution is 2.26. The lowest BCUT2D eigenvalue weighted by Crippen LogP contribution is -2.32. The second-order valence-electron chi connectivity index (χ2n) is 7.22. The van der Waals surface area contributed by atoms with Crippen molar-refractivity contribution < 1.29 is 4.79 Å². The van der Waals surface area contributed by atoms with Gasteiger partial charge in [-0.15, -0.1) is 5.10 Å². The first-order valence-electron chi connectivity index (χ1n) is 9.86. The van der Waals surface area contributed by atoms with Crippen molar-refractivity contribution >= 4 is 34.2 Å². The van der Waals surface area contributed by atoms with Crippen LogP contribution < -0.4 is 5.32 Å². The van der Waals surface area contributed by atoms with E-state index in [1.54, 1.807) is 4.52 Å². The number of hydrogen-bond donors (Lipinski definition) is 1. The van der Waals surface area contributed by atoms with Gasteiger partial charge in [0.25, 0.3) is 0 Å². The summed E-state index contributed by atoms with van der Waals surface area (Å²) in [5.74, 6) is 0.721. The summed E-state index contributed by atoms with van der Waals surface area (Å²) in [6.07, 6.45) is 8.19. The molecule has 1 aromatic carbocycles. The highest BCUT2D eigenvalue weighted by Gasteiger charge is 2.19. The smallest absolute Gasteiger partial charge is 0.233 e. The van der Waals surface area contributed by atoms with Crippen molar-refractivity contribution in [1.29, 1.82) is 0 Å². The maximum atomic E-state index is 12.6. The van der Waals surface area contributed by atoms with Crippen LogP contribution in [0.25, 0.3) is 16.6 Å². The highest BCUT2D eigenvalue weighted by molar-refractivity contribution is 8.00. The van der Waals surface area contributed by atoms with Crippen molar-refractivity contribution in [2.45, 2.75) is 56.4 Å². The molecule has 0 radical (unpaired) electrons. The van der Waals surface area contributed by atoms with Crippen LogP contribution in [0.5, 0.6) is 0 Å². The predicted molar refractivity (Wildman–Crippen MR) is 113 cm³/mol. The molecular weight excluding hydrogens is 370 g/mol. The van der Waals surface area contributed by atoms with Crippen molar-refractivity contribution in [3.63, 3.8) is 0 Å². The van der Waals surface area contributed by atoms with E-state index in [1.165, 1.54) is 43.0 Å². The van der Waals surface area contributed by atoms with E-state index in [-0.39, 0.29) is 11.2 Å². The third kappa shape index (κ3) is 4.04. The van der Waals surface area contributed by atoms with Crippen LogP contribution in [0.2, 0.25) is 0 Å². The zero-order valence-corrected chi connectivity index (χ0v) is 17.1. The molecule has 0 fully saturated rings. The van der Waals surface area contributed by atoms with E-state index in [0.29, 0.717) is 17.5 Å². The molecule has 0 saturated carbocycles. The summed E-state index contributed by atoms with van der Waals surface area (Å²) in [5.41, 5.74) is 3.12. The van der Waals surface area contributed by atoms with Gasteiger partial charge in [0.15, 0.2) is 10.8 Å². The van der Waals surface area contributed by atoms with E-state index in [1.807, 2.05) is 38.1 Å². The predicted octanol–water partition coefficient (Wildman–Crippen LogP) is 4.07. The molecule has 7 heteroatoms. The lowest BCUT2D eigenvalue weighted by molar-refractivity contribution is -0.120. The van der Waals surface area contributed by atoms with Crippen molar-refractivity contribution in [1.82, 2.24) is 24.9 Å². The first-order valence-corrected chi connectivity index (χ1v) is 10.7. The summed E-state index contributed by atoms with van der Waals surface area (Å²) in [7, 11) is 0. The molecule has 2 aromatic heterocycles. The van der Waals surface area contributed by atoms with Crippen molar-refractivity contribution in [2.24, 2.45) is 0 Å². The van der Waals surface area contributed by atoms with Gasteiger partial charge in [0.1, 0.15) is 5.82 Å². The number of thioether (sulfide) groups is 1. The van der Waals surface area contributed by atoms with E-state index in [0.717, 1.165) is 23.0 Å². The van der Waals surface area contributed by atoms with Gasteiger partial charge in [0.2, 0.25) is 5.91 Å². The van der Waals surface area contributed by atoms with Crippen LogP contribution in [0.3, 0.4) is 0 Å². The number of nitrogens with one attached hydrogen (secondary N) is 1. The monoisotopic (exact) mass is 395 g/mol. The Bertz CT molecular complexity index is 1040. The molecule has 4 rings (SSSR count). The Labute approximate surface area is 168 Å². The minimum Gasteiger partial charge on any atom is -0.355 e. The molecule has 1 amide bonds. The Hall–Kier alpha value is -2.41. The number of rotatable bonds is 6. The van der Waals surface area contributed by atoms with Gasteiger partial charge in [-0.1, -0.05) is 35.5 Å². The van der Waals surface area contributed by atoms with Gasteiger partial charge in [-0.3, -0.25) is 4.79 Å². The lowest BCUT2D eigenvalue weighted by Gasteiger charge is -2.15. The number of nitrogens with zero attached hydrogens (tertiary/aromatic N) is 4. The van der Waals surface area contributed by atoms with Crippen LogP contribution in [0.4, 0.5) is 0 Å². The van der Waals surface area contributed by atoms with Crippen molar-refractivity contribution in [3.8, 4) is 0 Å². The third-order valence-corrected chi connectivity index (χ3v) is 6.08. The van der Waals surface area contributed by atoms with Crippen LogP contribution in [-0.2, 0) is 4.79 Å². The van der Waals surface area contributed by atoms with Crippen LogP contribution in [0, 0.1) is 6.92 Å². The molecule has 28 heavy (non-hydrogen) atoms. The molecule has 1 N–H and O–H groups in total. The zero-order chi connectivity index (χ0) is 19.5. The number of carbonyl (C=O) groups excluding carboxylic acids is 1. The van der Waals surface area contributed by atoms with Gasteiger partial charge in [0, 0.05) is 11.9 Å². The molecule has 146 valence electrons. The average molecular weight is 396 g/mol. The summed E-state index contributed by atoms with van der Waals surface area (Å²) in [6, 6.07) is 7.89. The summed E-state index contributed by atoms with van der Waals surface area (Å²) >= 11 is 1.42. The standard InChI is InChI=1S/C21H25N5OS/c1-14(20(27)22-13-12-16-8-4-3-5-9-16)28-21-24-18-11-7-6-10-17(18)19-23-15(2)25-26(19)21/h6-8,10-11,14H,3-5,9,12-13H2,1-2H3,(H,22,27)/t14-/m0/s1. The van der Waals surface area contributed by atoms with Crippen LogP contribution in [-0.4, -0.2) is 37.3 Å². The van der Waals surface area contributed by atoms with E-state index in [4.69, 9.17) is 4.98 Å². The normalized spacial score (nSPS) is 15.6. The minimum absolute atomic E-state index is 0.0290. The molecule has 6 nitrogen and oxygen atoms in total. The Kier molecular flexibility index (Phi) is 5.62. The van der Waals surface area contributed by atoms with E-state index in [9.17, 15) is 4.79 Å². The molecule has 0 aliphatic heterocycles. The van der Waals surface area contributed by atoms with Crippen LogP contribution >= 0.6 is 11.8 Å². The third-order valence-electron chi connectivity index (χ3n) is 5.04. The second-order valence-corrected chi connectivity index (χ2v) is 8.52. The molecule has 2 heterocycles. The first kappa shape index (κ1) is 18.9. The van der Waals surface area contributed by atoms with Gasteiger partial charge in [-0.25, -0.2) is 9.97 Å². The lowest BCUT2D eigenvalue weighted by atomic mass is 9.97. The molecule has 1 atom stereocenters. The quantitative estimate of drug-likeness (QED) is 0.387. The van der Waals surface area contributed by atoms with Crippen molar-refractivity contribution in [3.05, 3.63) is 41.7 Å². The number of aryl methyl sites for hydroxylation is 1. The Morgan fingerprint density at radius 3 is 2.96 bits per heavy atom. The van der Waals surface area contributed by atoms with Gasteiger partial charge in [-0.05, 0) is 58.1 Å². The minimum atomic E-state index is -0.262. The number of para-hydroxylation sites is 1. The fourth-order valence-corrected chi connectivity index (χ4v) is 4.43. The molecule has 0 bridgehead atoms. The largest absolute Gasteiger partial charge is 0.355 e. The Morgan fingerprint density at radius 2 is 2.14 bits per heavy atom. The van der Waals surface area contributed by atoms with Gasteiger partial charge in [0.05, 0.1) is 10.8 Å². The first-order chi connectivity index (χ1) is 13.6. The highest BCUT2D eigenvalue weighted by atomic mass is 32.2. The summed E-state index contributed by atoms with van der Waals surface area (Å²) in [4.78, 5) is 21.8. The van der Waals surface area contributed by atoms with Gasteiger partial charge < -0.3 is 5.32 Å². The number of fused-ring (bicyclic) bond motifs is 3. The molecule has 0 saturated heterocycles. The number of amides is 1. The Morgan fingerprint density at radius 1 is 1.29 bits per heavy atom. The number of hydrogen-bond acceptors (Lipinski definition) is 5. The average Bonchev–Trinajstić information content (AvgIpc) is 3.11. The number of benzene rings is 1. The fourth-order valence-electron chi connectivity index (χ4n) is 3.54. The molecule has 3 aromatic rings. The van der Waals surface area contributed by atoms with Crippen LogP contribution in [0.1, 0.15) is 44.9 Å². The maximum absolute atomic E-state index is 12.6. The number of allylic oxidation sites excluding steroid dienone is 1. The van der Waals surface area contributed by atoms with E-state index >= 15 is 0 Å². The number of aromatic nitrogens is 4. The SMILES string of the molecule is Cc1nc2c3ccccc3nc(S[C@@H](C)C(=O)NCCC3=CCCCC3)n2n1. The summed E-state index contributed by atoms with van der Waals surface area (Å²) < 4.78 is 1.75. The van der Waals surface area contributed by atoms with Crippen molar-refractivity contribution in [2.75, 3.05) is 6.54 Å². The maximum Gasteiger partial charge on any atom is 0.233 e. The molecular formula is C21H25N5OS. The molecule has 1 aliphatic rings. The van der Waals surface area contributed by atoms with Crippen LogP contribution in [0.15, 0.2) is 41.1 Å². The Balaban J connectivity index is 1.47. The van der Waals surface area contributed by atoms with Gasteiger partial charge in [-0.2, -0.15) is 4.52 Å². The number of carbonyl (C=O) groups is 1. The second kappa shape index (κ2) is 8.31. The molecule has 0 spiro atoms. The summed E-state index contributed by atoms with van der Waals surface area (Å²) in [6.45, 7) is 4.47. The fraction of sp³-hybridized carbons (Fsp3) is 0.429. The molecule has 1 aliphatic carbocycles. The van der Waals surface area contributed by atoms with E-state index < -0.39 is 0 Å². The van der Waals surface area contributed by atoms with E-state index in [2.05, 4.69) is 21.5 Å².